The third kappa shape index (κ3) is 11.8. The van der Waals surface area contributed by atoms with Gasteiger partial charge in [0.05, 0.1) is 35.5 Å². The van der Waals surface area contributed by atoms with E-state index in [-0.39, 0.29) is 11.9 Å². The Balaban J connectivity index is 0.000000216. The zero-order chi connectivity index (χ0) is 46.0. The van der Waals surface area contributed by atoms with Crippen LogP contribution in [-0.2, 0) is 9.47 Å². The summed E-state index contributed by atoms with van der Waals surface area (Å²) in [7, 11) is 0. The van der Waals surface area contributed by atoms with Crippen LogP contribution in [0.2, 0.25) is 0 Å². The highest BCUT2D eigenvalue weighted by Gasteiger charge is 2.39. The van der Waals surface area contributed by atoms with Crippen LogP contribution < -0.4 is 20.4 Å². The van der Waals surface area contributed by atoms with Crippen LogP contribution >= 0.6 is 31.9 Å². The van der Waals surface area contributed by atoms with E-state index >= 15 is 0 Å². The van der Waals surface area contributed by atoms with E-state index in [0.29, 0.717) is 27.7 Å². The summed E-state index contributed by atoms with van der Waals surface area (Å²) in [5, 5.41) is 23.6. The number of nitrogens with one attached hydrogen (secondary N) is 2. The molecule has 0 bridgehead atoms. The number of aromatic nitrogens is 6. The first-order chi connectivity index (χ1) is 29.7. The number of aryl methyl sites for hydroxylation is 4. The summed E-state index contributed by atoms with van der Waals surface area (Å²) >= 11 is 7.01. The van der Waals surface area contributed by atoms with Crippen molar-refractivity contribution in [2.75, 3.05) is 20.4 Å². The molecule has 6 aromatic rings. The van der Waals surface area contributed by atoms with E-state index in [1.165, 1.54) is 35.8 Å². The van der Waals surface area contributed by atoms with Crippen molar-refractivity contribution < 1.29 is 19.1 Å². The van der Waals surface area contributed by atoms with Crippen molar-refractivity contribution >= 4 is 89.7 Å². The largest absolute Gasteiger partial charge is 0.443 e. The highest BCUT2D eigenvalue weighted by molar-refractivity contribution is 9.10. The molecule has 2 fully saturated rings. The maximum atomic E-state index is 13.6. The fraction of sp³-hybridized carbons (Fsp3) is 0.413. The van der Waals surface area contributed by atoms with Crippen molar-refractivity contribution in [2.24, 2.45) is 0 Å². The van der Waals surface area contributed by atoms with E-state index in [0.717, 1.165) is 51.4 Å². The van der Waals surface area contributed by atoms with E-state index in [4.69, 9.17) is 19.8 Å². The molecule has 4 aromatic heterocycles. The number of carbonyl (C=O) groups excluding carboxylic acids is 2. The zero-order valence-corrected chi connectivity index (χ0v) is 40.8. The Morgan fingerprint density at radius 3 is 1.87 bits per heavy atom. The number of ether oxygens (including phenoxy) is 2. The molecule has 15 nitrogen and oxygen atoms in total. The number of benzene rings is 2. The number of hydrogen-bond donors (Lipinski definition) is 2. The Morgan fingerprint density at radius 2 is 1.32 bits per heavy atom. The molecule has 17 heteroatoms. The van der Waals surface area contributed by atoms with Crippen LogP contribution in [-0.4, -0.2) is 64.7 Å². The Hall–Kier alpha value is -5.73. The van der Waals surface area contributed by atoms with E-state index in [9.17, 15) is 9.59 Å². The lowest BCUT2D eigenvalue weighted by Gasteiger charge is -2.30. The monoisotopic (exact) mass is 983 g/mol. The van der Waals surface area contributed by atoms with E-state index in [1.807, 2.05) is 84.2 Å². The summed E-state index contributed by atoms with van der Waals surface area (Å²) < 4.78 is 16.3. The molecule has 2 N–H and O–H groups in total. The fourth-order valence-electron chi connectivity index (χ4n) is 6.31. The average molecular weight is 986 g/mol. The molecule has 332 valence electrons. The summed E-state index contributed by atoms with van der Waals surface area (Å²) in [6.45, 7) is 20.6. The van der Waals surface area contributed by atoms with E-state index < -0.39 is 23.4 Å². The van der Waals surface area contributed by atoms with Crippen molar-refractivity contribution in [1.29, 1.82) is 5.26 Å². The molecule has 2 amide bonds. The zero-order valence-electron chi connectivity index (χ0n) is 37.7. The maximum Gasteiger partial charge on any atom is 0.420 e. The molecule has 8 rings (SSSR count). The third-order valence-electron chi connectivity index (χ3n) is 9.85. The second-order valence-corrected chi connectivity index (χ2v) is 19.3. The number of halogens is 2. The third-order valence-corrected chi connectivity index (χ3v) is 10.9. The number of rotatable bonds is 8. The molecule has 0 spiro atoms. The second-order valence-electron chi connectivity index (χ2n) is 17.7. The minimum absolute atomic E-state index is 0.0269. The van der Waals surface area contributed by atoms with Gasteiger partial charge in [-0.3, -0.25) is 4.90 Å². The molecular formula is C46H55Br2N11O4. The van der Waals surface area contributed by atoms with Crippen LogP contribution in [0.15, 0.2) is 70.1 Å². The Morgan fingerprint density at radius 1 is 0.762 bits per heavy atom. The SMILES string of the molecule is CC#N.Cc1ccc(N(C(=O)OC(C)(C)C)c2cc(N(C(=O)OC(C)(C)C)C3CC3)c3ncc(Br)n3n2)cc1C.Cc1ccc(Nc2cc(NC3CC3)c3ncc(Br)n3n2)cc1C. The molecule has 2 aromatic carbocycles. The summed E-state index contributed by atoms with van der Waals surface area (Å²) in [5.74, 6) is 1.08. The van der Waals surface area contributed by atoms with E-state index in [1.54, 1.807) is 33.9 Å². The molecule has 0 unspecified atom stereocenters. The Bertz CT molecular complexity index is 2690. The molecule has 63 heavy (non-hydrogen) atoms. The number of amides is 2. The quantitative estimate of drug-likeness (QED) is 0.149. The van der Waals surface area contributed by atoms with Gasteiger partial charge in [0.15, 0.2) is 22.9 Å². The second kappa shape index (κ2) is 18.9. The first-order valence-corrected chi connectivity index (χ1v) is 22.4. The number of carbonyl (C=O) groups is 2. The van der Waals surface area contributed by atoms with Crippen molar-refractivity contribution in [1.82, 2.24) is 29.2 Å². The Kier molecular flexibility index (Phi) is 14.1. The number of hydrogen-bond acceptors (Lipinski definition) is 11. The van der Waals surface area contributed by atoms with Crippen LogP contribution in [0.5, 0.6) is 0 Å². The van der Waals surface area contributed by atoms with Gasteiger partial charge in [-0.15, -0.1) is 10.2 Å². The fourth-order valence-corrected chi connectivity index (χ4v) is 7.01. The molecule has 0 aliphatic heterocycles. The minimum atomic E-state index is -0.728. The van der Waals surface area contributed by atoms with Gasteiger partial charge in [0.2, 0.25) is 0 Å². The van der Waals surface area contributed by atoms with Gasteiger partial charge in [0.25, 0.3) is 0 Å². The topological polar surface area (TPSA) is 167 Å². The van der Waals surface area contributed by atoms with Gasteiger partial charge in [-0.05, 0) is 173 Å². The van der Waals surface area contributed by atoms with Gasteiger partial charge in [0.1, 0.15) is 20.4 Å². The van der Waals surface area contributed by atoms with Gasteiger partial charge < -0.3 is 20.1 Å². The molecule has 0 atom stereocenters. The summed E-state index contributed by atoms with van der Waals surface area (Å²) in [4.78, 5) is 38.9. The van der Waals surface area contributed by atoms with Crippen LogP contribution in [0, 0.1) is 39.0 Å². The lowest BCUT2D eigenvalue weighted by molar-refractivity contribution is 0.0574. The lowest BCUT2D eigenvalue weighted by atomic mass is 10.1. The number of imidazole rings is 2. The maximum absolute atomic E-state index is 13.6. The van der Waals surface area contributed by atoms with Gasteiger partial charge >= 0.3 is 12.2 Å². The number of nitriles is 1. The van der Waals surface area contributed by atoms with Crippen molar-refractivity contribution in [3.05, 3.63) is 92.4 Å². The van der Waals surface area contributed by atoms with Gasteiger partial charge in [-0.2, -0.15) is 5.26 Å². The molecule has 2 aliphatic rings. The van der Waals surface area contributed by atoms with Gasteiger partial charge in [-0.1, -0.05) is 12.1 Å². The summed E-state index contributed by atoms with van der Waals surface area (Å²) in [6.07, 6.45) is 6.47. The van der Waals surface area contributed by atoms with Crippen LogP contribution in [0.3, 0.4) is 0 Å². The average Bonchev–Trinajstić information content (AvgIpc) is 4.12. The van der Waals surface area contributed by atoms with Gasteiger partial charge in [0, 0.05) is 36.8 Å². The number of nitrogens with zero attached hydrogens (tertiary/aromatic N) is 9. The van der Waals surface area contributed by atoms with Crippen LogP contribution in [0.1, 0.15) is 96.4 Å². The molecule has 4 heterocycles. The lowest BCUT2D eigenvalue weighted by Crippen LogP contribution is -2.39. The van der Waals surface area contributed by atoms with Crippen molar-refractivity contribution in [3.8, 4) is 6.07 Å². The van der Waals surface area contributed by atoms with E-state index in [2.05, 4.69) is 89.6 Å². The molecular weight excluding hydrogens is 930 g/mol. The molecule has 0 radical (unpaired) electrons. The normalized spacial score (nSPS) is 13.5. The highest BCUT2D eigenvalue weighted by Crippen LogP contribution is 2.39. The molecule has 0 saturated heterocycles. The van der Waals surface area contributed by atoms with Crippen LogP contribution in [0.25, 0.3) is 11.3 Å². The van der Waals surface area contributed by atoms with Crippen LogP contribution in [0.4, 0.5) is 44.0 Å². The highest BCUT2D eigenvalue weighted by atomic mass is 79.9. The predicted octanol–water partition coefficient (Wildman–Crippen LogP) is 12.0. The number of anilines is 6. The molecule has 2 aliphatic carbocycles. The number of fused-ring (bicyclic) bond motifs is 2. The summed E-state index contributed by atoms with van der Waals surface area (Å²) in [6, 6.07) is 18.1. The smallest absolute Gasteiger partial charge is 0.420 e. The van der Waals surface area contributed by atoms with Gasteiger partial charge in [-0.25, -0.2) is 33.5 Å². The standard InChI is InChI=1S/C27H34BrN5O4.C17H18BrN5.C2H3N/c1-16-9-10-19(13-17(16)2)32(25(35)37-27(6,7)8)22-14-20(23-29-15-21(28)33(23)30-22)31(18-11-12-18)24(34)36-26(3,4)5;1-10-3-4-13(7-11(10)2)21-16-8-14(20-12-5-6-12)17-19-9-15(18)23(17)22-16;1-2-3/h9-10,13-15,18H,11-12H2,1-8H3;3-4,7-9,12,20H,5-6H2,1-2H3,(H,21,22);1H3. The minimum Gasteiger partial charge on any atom is -0.443 e. The summed E-state index contributed by atoms with van der Waals surface area (Å²) in [5.41, 5.74) is 7.72. The Labute approximate surface area is 385 Å². The first-order valence-electron chi connectivity index (χ1n) is 20.8. The predicted molar refractivity (Wildman–Crippen MR) is 255 cm³/mol. The van der Waals surface area contributed by atoms with Crippen molar-refractivity contribution in [2.45, 2.75) is 125 Å². The molecule has 2 saturated carbocycles. The first kappa shape index (κ1) is 46.8. The van der Waals surface area contributed by atoms with Crippen molar-refractivity contribution in [3.63, 3.8) is 0 Å².